The predicted octanol–water partition coefficient (Wildman–Crippen LogP) is 2.94. The first-order chi connectivity index (χ1) is 10.7. The van der Waals surface area contributed by atoms with E-state index >= 15 is 0 Å². The van der Waals surface area contributed by atoms with Gasteiger partial charge >= 0.3 is 5.97 Å². The number of piperidine rings is 1. The van der Waals surface area contributed by atoms with Gasteiger partial charge in [-0.3, -0.25) is 0 Å². The van der Waals surface area contributed by atoms with E-state index in [0.29, 0.717) is 17.2 Å². The van der Waals surface area contributed by atoms with Crippen molar-refractivity contribution >= 4 is 23.4 Å². The van der Waals surface area contributed by atoms with Crippen LogP contribution in [0.3, 0.4) is 0 Å². The van der Waals surface area contributed by atoms with Crippen LogP contribution in [0.2, 0.25) is 5.02 Å². The van der Waals surface area contributed by atoms with Crippen molar-refractivity contribution in [3.05, 3.63) is 35.2 Å². The Morgan fingerprint density at radius 2 is 2.18 bits per heavy atom. The molecule has 0 bridgehead atoms. The van der Waals surface area contributed by atoms with Gasteiger partial charge in [0.2, 0.25) is 0 Å². The minimum Gasteiger partial charge on any atom is -0.501 e. The maximum Gasteiger partial charge on any atom is 0.337 e. The minimum absolute atomic E-state index is 0.0288. The van der Waals surface area contributed by atoms with Crippen molar-refractivity contribution < 1.29 is 14.3 Å². The van der Waals surface area contributed by atoms with Crippen molar-refractivity contribution in [2.45, 2.75) is 31.8 Å². The average Bonchev–Trinajstić information content (AvgIpc) is 2.57. The van der Waals surface area contributed by atoms with E-state index in [4.69, 9.17) is 21.1 Å². The van der Waals surface area contributed by atoms with E-state index in [-0.39, 0.29) is 12.1 Å². The third kappa shape index (κ3) is 3.71. The summed E-state index contributed by atoms with van der Waals surface area (Å²) >= 11 is 5.85. The second kappa shape index (κ2) is 7.01. The Hall–Kier alpha value is -1.75. The molecule has 2 aliphatic rings. The third-order valence-corrected chi connectivity index (χ3v) is 4.17. The highest BCUT2D eigenvalue weighted by molar-refractivity contribution is 6.30. The topological polar surface area (TPSA) is 51.7 Å². The van der Waals surface area contributed by atoms with Gasteiger partial charge < -0.3 is 14.4 Å². The van der Waals surface area contributed by atoms with Crippen LogP contribution in [-0.2, 0) is 14.3 Å². The molecule has 0 unspecified atom stereocenters. The maximum atomic E-state index is 12.0. The zero-order chi connectivity index (χ0) is 15.4. The fourth-order valence-electron chi connectivity index (χ4n) is 2.70. The van der Waals surface area contributed by atoms with Gasteiger partial charge in [0.25, 0.3) is 0 Å². The molecular weight excluding hydrogens is 304 g/mol. The number of hydrogen-bond acceptors (Lipinski definition) is 5. The van der Waals surface area contributed by atoms with Crippen molar-refractivity contribution in [2.75, 3.05) is 24.6 Å². The van der Waals surface area contributed by atoms with Crippen LogP contribution in [0.15, 0.2) is 30.2 Å². The maximum absolute atomic E-state index is 12.0. The molecule has 0 saturated carbocycles. The summed E-state index contributed by atoms with van der Waals surface area (Å²) in [5, 5.41) is 0.635. The Labute approximate surface area is 134 Å². The van der Waals surface area contributed by atoms with Gasteiger partial charge in [-0.25, -0.2) is 9.78 Å². The van der Waals surface area contributed by atoms with E-state index in [1.807, 2.05) is 12.1 Å². The molecule has 5 nitrogen and oxygen atoms in total. The minimum atomic E-state index is -0.234. The number of pyridine rings is 1. The van der Waals surface area contributed by atoms with Crippen molar-refractivity contribution in [1.29, 1.82) is 0 Å². The lowest BCUT2D eigenvalue weighted by Crippen LogP contribution is -2.38. The van der Waals surface area contributed by atoms with Crippen LogP contribution in [0.4, 0.5) is 5.82 Å². The molecule has 3 heterocycles. The monoisotopic (exact) mass is 322 g/mol. The Morgan fingerprint density at radius 3 is 2.82 bits per heavy atom. The van der Waals surface area contributed by atoms with E-state index in [0.717, 1.165) is 44.6 Å². The SMILES string of the molecule is O=C(OC1CCN(c2ccc(Cl)cn2)CC1)C1=COCCC1. The number of anilines is 1. The normalized spacial score (nSPS) is 19.3. The second-order valence-electron chi connectivity index (χ2n) is 5.54. The number of hydrogen-bond donors (Lipinski definition) is 0. The van der Waals surface area contributed by atoms with E-state index in [1.54, 1.807) is 12.5 Å². The second-order valence-corrected chi connectivity index (χ2v) is 5.98. The van der Waals surface area contributed by atoms with E-state index in [9.17, 15) is 4.79 Å². The van der Waals surface area contributed by atoms with Gasteiger partial charge in [-0.15, -0.1) is 0 Å². The summed E-state index contributed by atoms with van der Waals surface area (Å²) in [6, 6.07) is 3.75. The van der Waals surface area contributed by atoms with Gasteiger partial charge in [0.05, 0.1) is 23.5 Å². The summed E-state index contributed by atoms with van der Waals surface area (Å²) < 4.78 is 10.8. The van der Waals surface area contributed by atoms with Crippen LogP contribution in [0.25, 0.3) is 0 Å². The third-order valence-electron chi connectivity index (χ3n) is 3.95. The van der Waals surface area contributed by atoms with E-state index in [2.05, 4.69) is 9.88 Å². The van der Waals surface area contributed by atoms with Crippen LogP contribution >= 0.6 is 11.6 Å². The van der Waals surface area contributed by atoms with Crippen LogP contribution in [0, 0.1) is 0 Å². The van der Waals surface area contributed by atoms with Crippen molar-refractivity contribution in [1.82, 2.24) is 4.98 Å². The fraction of sp³-hybridized carbons (Fsp3) is 0.500. The molecule has 1 fully saturated rings. The average molecular weight is 323 g/mol. The number of carbonyl (C=O) groups excluding carboxylic acids is 1. The summed E-state index contributed by atoms with van der Waals surface area (Å²) in [5.41, 5.74) is 0.646. The van der Waals surface area contributed by atoms with Gasteiger partial charge in [-0.2, -0.15) is 0 Å². The molecule has 0 aliphatic carbocycles. The van der Waals surface area contributed by atoms with E-state index in [1.165, 1.54) is 0 Å². The molecule has 0 spiro atoms. The van der Waals surface area contributed by atoms with Crippen molar-refractivity contribution in [2.24, 2.45) is 0 Å². The number of nitrogens with zero attached hydrogens (tertiary/aromatic N) is 2. The van der Waals surface area contributed by atoms with Crippen LogP contribution < -0.4 is 4.90 Å². The van der Waals surface area contributed by atoms with Crippen LogP contribution in [-0.4, -0.2) is 36.8 Å². The largest absolute Gasteiger partial charge is 0.501 e. The number of rotatable bonds is 3. The lowest BCUT2D eigenvalue weighted by Gasteiger charge is -2.32. The molecule has 22 heavy (non-hydrogen) atoms. The van der Waals surface area contributed by atoms with Gasteiger partial charge in [0.1, 0.15) is 11.9 Å². The highest BCUT2D eigenvalue weighted by atomic mass is 35.5. The highest BCUT2D eigenvalue weighted by Gasteiger charge is 2.25. The lowest BCUT2D eigenvalue weighted by atomic mass is 10.1. The lowest BCUT2D eigenvalue weighted by molar-refractivity contribution is -0.145. The summed E-state index contributed by atoms with van der Waals surface area (Å²) in [4.78, 5) is 18.6. The van der Waals surface area contributed by atoms with Gasteiger partial charge in [-0.1, -0.05) is 11.6 Å². The molecule has 2 aliphatic heterocycles. The van der Waals surface area contributed by atoms with Crippen molar-refractivity contribution in [3.8, 4) is 0 Å². The number of ether oxygens (including phenoxy) is 2. The van der Waals surface area contributed by atoms with Crippen LogP contribution in [0.5, 0.6) is 0 Å². The first-order valence-electron chi connectivity index (χ1n) is 7.60. The quantitative estimate of drug-likeness (QED) is 0.801. The van der Waals surface area contributed by atoms with Gasteiger partial charge in [0, 0.05) is 32.1 Å². The Balaban J connectivity index is 1.50. The van der Waals surface area contributed by atoms with Gasteiger partial charge in [-0.05, 0) is 25.0 Å². The molecule has 6 heteroatoms. The molecule has 0 N–H and O–H groups in total. The van der Waals surface area contributed by atoms with Crippen LogP contribution in [0.1, 0.15) is 25.7 Å². The summed E-state index contributed by atoms with van der Waals surface area (Å²) in [6.45, 7) is 2.33. The fourth-order valence-corrected chi connectivity index (χ4v) is 2.81. The van der Waals surface area contributed by atoms with Crippen molar-refractivity contribution in [3.63, 3.8) is 0 Å². The summed E-state index contributed by atoms with van der Waals surface area (Å²) in [6.07, 6.45) is 6.40. The molecule has 3 rings (SSSR count). The predicted molar refractivity (Wildman–Crippen MR) is 83.8 cm³/mol. The molecule has 1 aromatic heterocycles. The molecule has 0 amide bonds. The first kappa shape index (κ1) is 15.2. The molecule has 1 saturated heterocycles. The number of aromatic nitrogens is 1. The highest BCUT2D eigenvalue weighted by Crippen LogP contribution is 2.22. The Kier molecular flexibility index (Phi) is 4.83. The standard InChI is InChI=1S/C16H19ClN2O3/c17-13-3-4-15(18-10-13)19-7-5-14(6-8-19)22-16(20)12-2-1-9-21-11-12/h3-4,10-11,14H,1-2,5-9H2. The van der Waals surface area contributed by atoms with E-state index < -0.39 is 0 Å². The number of esters is 1. The van der Waals surface area contributed by atoms with Gasteiger partial charge in [0.15, 0.2) is 0 Å². The number of halogens is 1. The summed E-state index contributed by atoms with van der Waals surface area (Å²) in [5.74, 6) is 0.681. The molecule has 0 aromatic carbocycles. The molecule has 118 valence electrons. The Bertz CT molecular complexity index is 551. The zero-order valence-corrected chi connectivity index (χ0v) is 13.1. The first-order valence-corrected chi connectivity index (χ1v) is 7.98. The zero-order valence-electron chi connectivity index (χ0n) is 12.3. The molecule has 0 radical (unpaired) electrons. The number of carbonyl (C=O) groups is 1. The smallest absolute Gasteiger partial charge is 0.337 e. The Morgan fingerprint density at radius 1 is 1.36 bits per heavy atom. The molecule has 0 atom stereocenters. The molecule has 1 aromatic rings. The summed E-state index contributed by atoms with van der Waals surface area (Å²) in [7, 11) is 0. The molecular formula is C16H19ClN2O3.